The summed E-state index contributed by atoms with van der Waals surface area (Å²) < 4.78 is 0. The smallest absolute Gasteiger partial charge is 0.326 e. The number of benzene rings is 2. The number of carbonyl (C=O) groups is 5. The maximum Gasteiger partial charge on any atom is 0.326 e. The second kappa shape index (κ2) is 15.8. The van der Waals surface area contributed by atoms with E-state index in [0.717, 1.165) is 17.5 Å². The zero-order chi connectivity index (χ0) is 27.9. The van der Waals surface area contributed by atoms with Gasteiger partial charge in [-0.2, -0.15) is 0 Å². The van der Waals surface area contributed by atoms with Crippen molar-refractivity contribution in [1.29, 1.82) is 0 Å². The molecule has 0 fully saturated rings. The van der Waals surface area contributed by atoms with E-state index in [1.54, 1.807) is 30.3 Å². The molecule has 0 aromatic heterocycles. The maximum absolute atomic E-state index is 12.8. The van der Waals surface area contributed by atoms with Gasteiger partial charge in [-0.15, -0.1) is 0 Å². The summed E-state index contributed by atoms with van der Waals surface area (Å²) in [5, 5.41) is 19.6. The first-order valence-corrected chi connectivity index (χ1v) is 12.7. The van der Waals surface area contributed by atoms with Crippen LogP contribution >= 0.6 is 0 Å². The second-order valence-electron chi connectivity index (χ2n) is 9.01. The number of unbranched alkanes of at least 4 members (excludes halogenated alkanes) is 1. The summed E-state index contributed by atoms with van der Waals surface area (Å²) in [5.74, 6) is -3.27. The lowest BCUT2D eigenvalue weighted by atomic mass is 10.0. The van der Waals surface area contributed by atoms with Gasteiger partial charge in [0, 0.05) is 19.3 Å². The van der Waals surface area contributed by atoms with Gasteiger partial charge in [0.1, 0.15) is 18.1 Å². The van der Waals surface area contributed by atoms with Crippen LogP contribution < -0.4 is 21.3 Å². The van der Waals surface area contributed by atoms with Crippen LogP contribution in [0.2, 0.25) is 0 Å². The van der Waals surface area contributed by atoms with E-state index in [9.17, 15) is 29.1 Å². The minimum atomic E-state index is -1.20. The van der Waals surface area contributed by atoms with Gasteiger partial charge < -0.3 is 26.4 Å². The van der Waals surface area contributed by atoms with Gasteiger partial charge in [0.25, 0.3) is 0 Å². The van der Waals surface area contributed by atoms with E-state index in [4.69, 9.17) is 0 Å². The molecule has 3 atom stereocenters. The number of carboxylic acid groups (broad SMARTS) is 1. The van der Waals surface area contributed by atoms with Crippen molar-refractivity contribution in [3.05, 3.63) is 71.8 Å². The Balaban J connectivity index is 1.89. The quantitative estimate of drug-likeness (QED) is 0.237. The molecule has 4 amide bonds. The van der Waals surface area contributed by atoms with E-state index in [0.29, 0.717) is 12.8 Å². The molecule has 0 bridgehead atoms. The molecule has 0 spiro atoms. The van der Waals surface area contributed by atoms with Crippen molar-refractivity contribution >= 4 is 29.6 Å². The second-order valence-corrected chi connectivity index (χ2v) is 9.01. The molecule has 0 saturated carbocycles. The van der Waals surface area contributed by atoms with Crippen molar-refractivity contribution in [1.82, 2.24) is 21.3 Å². The Labute approximate surface area is 222 Å². The van der Waals surface area contributed by atoms with Crippen molar-refractivity contribution in [3.63, 3.8) is 0 Å². The molecular formula is C28H36N4O6. The summed E-state index contributed by atoms with van der Waals surface area (Å²) >= 11 is 0. The highest BCUT2D eigenvalue weighted by Crippen LogP contribution is 2.06. The number of hydrogen-bond donors (Lipinski definition) is 5. The van der Waals surface area contributed by atoms with Crippen LogP contribution in [0, 0.1) is 0 Å². The standard InChI is InChI=1S/C28H36N4O6/c1-3-4-15-24(33)31-22(16-20-11-7-5-8-12-20)27(36)29-18-25(34)30-19(2)26(35)32-23(28(37)38)17-21-13-9-6-10-14-21/h5-14,19,22-23H,3-4,15-18H2,1-2H3,(H,29,36)(H,30,34)(H,31,33)(H,32,35)(H,37,38). The van der Waals surface area contributed by atoms with Crippen LogP contribution in [0.3, 0.4) is 0 Å². The summed E-state index contributed by atoms with van der Waals surface area (Å²) in [6, 6.07) is 15.0. The first-order chi connectivity index (χ1) is 18.2. The van der Waals surface area contributed by atoms with Gasteiger partial charge >= 0.3 is 5.97 Å². The van der Waals surface area contributed by atoms with Crippen molar-refractivity contribution in [2.75, 3.05) is 6.54 Å². The van der Waals surface area contributed by atoms with Crippen molar-refractivity contribution in [2.24, 2.45) is 0 Å². The summed E-state index contributed by atoms with van der Waals surface area (Å²) in [5.41, 5.74) is 1.59. The Bertz CT molecular complexity index is 1080. The molecule has 0 saturated heterocycles. The third-order valence-corrected chi connectivity index (χ3v) is 5.78. The molecule has 10 nitrogen and oxygen atoms in total. The molecule has 2 rings (SSSR count). The molecule has 0 radical (unpaired) electrons. The number of nitrogens with one attached hydrogen (secondary N) is 4. The number of aliphatic carboxylic acids is 1. The van der Waals surface area contributed by atoms with Crippen LogP contribution in [-0.4, -0.2) is 59.4 Å². The fourth-order valence-corrected chi connectivity index (χ4v) is 3.66. The first kappa shape index (κ1) is 30.0. The summed E-state index contributed by atoms with van der Waals surface area (Å²) in [6.07, 6.45) is 2.18. The zero-order valence-corrected chi connectivity index (χ0v) is 21.7. The largest absolute Gasteiger partial charge is 0.480 e. The highest BCUT2D eigenvalue weighted by atomic mass is 16.4. The molecule has 0 aliphatic heterocycles. The van der Waals surface area contributed by atoms with Gasteiger partial charge in [0.15, 0.2) is 0 Å². The van der Waals surface area contributed by atoms with Crippen LogP contribution in [-0.2, 0) is 36.8 Å². The summed E-state index contributed by atoms with van der Waals surface area (Å²) in [7, 11) is 0. The molecule has 204 valence electrons. The first-order valence-electron chi connectivity index (χ1n) is 12.7. The van der Waals surface area contributed by atoms with Crippen LogP contribution in [0.5, 0.6) is 0 Å². The van der Waals surface area contributed by atoms with Gasteiger partial charge in [0.2, 0.25) is 23.6 Å². The molecule has 2 aromatic rings. The number of hydrogen-bond acceptors (Lipinski definition) is 5. The van der Waals surface area contributed by atoms with Gasteiger partial charge in [0.05, 0.1) is 6.54 Å². The highest BCUT2D eigenvalue weighted by molar-refractivity contribution is 5.93. The number of carbonyl (C=O) groups excluding carboxylic acids is 4. The van der Waals surface area contributed by atoms with Crippen LogP contribution in [0.25, 0.3) is 0 Å². The van der Waals surface area contributed by atoms with Gasteiger partial charge in [-0.3, -0.25) is 19.2 Å². The molecule has 0 heterocycles. The normalized spacial score (nSPS) is 12.9. The third-order valence-electron chi connectivity index (χ3n) is 5.78. The highest BCUT2D eigenvalue weighted by Gasteiger charge is 2.25. The maximum atomic E-state index is 12.8. The average Bonchev–Trinajstić information content (AvgIpc) is 2.90. The monoisotopic (exact) mass is 524 g/mol. The lowest BCUT2D eigenvalue weighted by molar-refractivity contribution is -0.142. The summed E-state index contributed by atoms with van der Waals surface area (Å²) in [6.45, 7) is 2.97. The Morgan fingerprint density at radius 3 is 1.82 bits per heavy atom. The van der Waals surface area contributed by atoms with E-state index in [-0.39, 0.29) is 18.7 Å². The molecule has 5 N–H and O–H groups in total. The van der Waals surface area contributed by atoms with E-state index < -0.39 is 48.4 Å². The number of carboxylic acids is 1. The van der Waals surface area contributed by atoms with Gasteiger partial charge in [-0.05, 0) is 24.5 Å². The minimum Gasteiger partial charge on any atom is -0.480 e. The summed E-state index contributed by atoms with van der Waals surface area (Å²) in [4.78, 5) is 61.6. The molecule has 0 aliphatic rings. The van der Waals surface area contributed by atoms with E-state index in [1.807, 2.05) is 37.3 Å². The van der Waals surface area contributed by atoms with Crippen LogP contribution in [0.15, 0.2) is 60.7 Å². The van der Waals surface area contributed by atoms with Crippen molar-refractivity contribution < 1.29 is 29.1 Å². The fraction of sp³-hybridized carbons (Fsp3) is 0.393. The van der Waals surface area contributed by atoms with E-state index >= 15 is 0 Å². The SMILES string of the molecule is CCCCC(=O)NC(Cc1ccccc1)C(=O)NCC(=O)NC(C)C(=O)NC(Cc1ccccc1)C(=O)O. The van der Waals surface area contributed by atoms with E-state index in [1.165, 1.54) is 6.92 Å². The average molecular weight is 525 g/mol. The predicted octanol–water partition coefficient (Wildman–Crippen LogP) is 1.34. The topological polar surface area (TPSA) is 154 Å². The lowest BCUT2D eigenvalue weighted by Gasteiger charge is -2.20. The zero-order valence-electron chi connectivity index (χ0n) is 21.7. The number of amides is 4. The lowest BCUT2D eigenvalue weighted by Crippen LogP contribution is -2.53. The van der Waals surface area contributed by atoms with Crippen molar-refractivity contribution in [3.8, 4) is 0 Å². The van der Waals surface area contributed by atoms with Crippen molar-refractivity contribution in [2.45, 2.75) is 64.1 Å². The molecule has 3 unspecified atom stereocenters. The van der Waals surface area contributed by atoms with E-state index in [2.05, 4.69) is 21.3 Å². The Morgan fingerprint density at radius 2 is 1.29 bits per heavy atom. The molecule has 0 aliphatic carbocycles. The predicted molar refractivity (Wildman–Crippen MR) is 142 cm³/mol. The Morgan fingerprint density at radius 1 is 0.737 bits per heavy atom. The Hall–Kier alpha value is -4.21. The Kier molecular flexibility index (Phi) is 12.5. The van der Waals surface area contributed by atoms with Crippen LogP contribution in [0.1, 0.15) is 44.2 Å². The molecule has 10 heteroatoms. The van der Waals surface area contributed by atoms with Crippen LogP contribution in [0.4, 0.5) is 0 Å². The molecule has 38 heavy (non-hydrogen) atoms. The molecule has 2 aromatic carbocycles. The molecular weight excluding hydrogens is 488 g/mol. The minimum absolute atomic E-state index is 0.0887. The van der Waals surface area contributed by atoms with Gasteiger partial charge in [-0.1, -0.05) is 74.0 Å². The number of rotatable bonds is 15. The fourth-order valence-electron chi connectivity index (χ4n) is 3.66. The van der Waals surface area contributed by atoms with Gasteiger partial charge in [-0.25, -0.2) is 4.79 Å². The third kappa shape index (κ3) is 10.8.